The maximum atomic E-state index is 10.2. The molecule has 1 N–H and O–H groups in total. The van der Waals surface area contributed by atoms with E-state index < -0.39 is 6.10 Å². The fourth-order valence-corrected chi connectivity index (χ4v) is 3.24. The van der Waals surface area contributed by atoms with Crippen molar-refractivity contribution in [3.8, 4) is 5.75 Å². The van der Waals surface area contributed by atoms with E-state index in [0.717, 1.165) is 36.5 Å². The quantitative estimate of drug-likeness (QED) is 0.769. The second-order valence-corrected chi connectivity index (χ2v) is 7.34. The number of para-hydroxylation sites is 1. The molecule has 0 aliphatic carbocycles. The highest BCUT2D eigenvalue weighted by atomic mass is 79.9. The molecule has 0 spiro atoms. The lowest BCUT2D eigenvalue weighted by Crippen LogP contribution is -2.49. The number of rotatable bonds is 6. The molecule has 1 aliphatic heterocycles. The van der Waals surface area contributed by atoms with Crippen molar-refractivity contribution in [1.29, 1.82) is 0 Å². The smallest absolute Gasteiger partial charge is 0.138 e. The zero-order valence-corrected chi connectivity index (χ0v) is 16.2. The van der Waals surface area contributed by atoms with Gasteiger partial charge in [-0.25, -0.2) is 4.98 Å². The monoisotopic (exact) mass is 425 g/mol. The maximum Gasteiger partial charge on any atom is 0.138 e. The summed E-state index contributed by atoms with van der Waals surface area (Å²) in [6.45, 7) is 4.39. The summed E-state index contributed by atoms with van der Waals surface area (Å²) in [5.41, 5.74) is 0. The molecule has 2 heterocycles. The Labute approximate surface area is 161 Å². The average Bonchev–Trinajstić information content (AvgIpc) is 2.62. The highest BCUT2D eigenvalue weighted by Crippen LogP contribution is 2.23. The van der Waals surface area contributed by atoms with Crippen molar-refractivity contribution in [2.45, 2.75) is 6.10 Å². The van der Waals surface area contributed by atoms with E-state index in [1.54, 1.807) is 12.1 Å². The van der Waals surface area contributed by atoms with Crippen LogP contribution in [0.1, 0.15) is 0 Å². The largest absolute Gasteiger partial charge is 0.489 e. The summed E-state index contributed by atoms with van der Waals surface area (Å²) in [7, 11) is 0. The van der Waals surface area contributed by atoms with Crippen LogP contribution in [0, 0.1) is 0 Å². The first-order chi connectivity index (χ1) is 12.1. The van der Waals surface area contributed by atoms with Crippen LogP contribution in [0.15, 0.2) is 47.1 Å². The van der Waals surface area contributed by atoms with Crippen molar-refractivity contribution >= 4 is 33.3 Å². The molecule has 25 heavy (non-hydrogen) atoms. The van der Waals surface area contributed by atoms with E-state index in [4.69, 9.17) is 16.3 Å². The molecular formula is C18H21BrClN3O2. The number of β-amino-alcohol motifs (C(OH)–C–C–N with tert-alkyl or cyclic N) is 1. The minimum Gasteiger partial charge on any atom is -0.489 e. The van der Waals surface area contributed by atoms with E-state index in [0.29, 0.717) is 17.3 Å². The predicted octanol–water partition coefficient (Wildman–Crippen LogP) is 3.06. The van der Waals surface area contributed by atoms with Crippen LogP contribution in [-0.2, 0) is 0 Å². The van der Waals surface area contributed by atoms with Crippen molar-refractivity contribution in [2.24, 2.45) is 0 Å². The predicted molar refractivity (Wildman–Crippen MR) is 104 cm³/mol. The Morgan fingerprint density at radius 3 is 2.60 bits per heavy atom. The third-order valence-corrected chi connectivity index (χ3v) is 4.93. The first kappa shape index (κ1) is 18.5. The molecule has 0 saturated carbocycles. The standard InChI is InChI=1S/C18H21BrClN3O2/c19-14-5-6-18(21-11-14)23-9-7-22(8-10-23)12-15(24)13-25-17-4-2-1-3-16(17)20/h1-6,11,15,24H,7-10,12-13H2. The molecule has 134 valence electrons. The van der Waals surface area contributed by atoms with Crippen LogP contribution < -0.4 is 9.64 Å². The van der Waals surface area contributed by atoms with Gasteiger partial charge in [0.2, 0.25) is 0 Å². The Balaban J connectivity index is 1.42. The lowest BCUT2D eigenvalue weighted by molar-refractivity contribution is 0.0663. The number of hydrogen-bond acceptors (Lipinski definition) is 5. The van der Waals surface area contributed by atoms with Gasteiger partial charge in [0, 0.05) is 43.4 Å². The summed E-state index contributed by atoms with van der Waals surface area (Å²) in [4.78, 5) is 8.94. The van der Waals surface area contributed by atoms with Crippen LogP contribution in [-0.4, -0.2) is 60.4 Å². The number of aliphatic hydroxyl groups is 1. The average molecular weight is 427 g/mol. The number of aromatic nitrogens is 1. The van der Waals surface area contributed by atoms with Gasteiger partial charge in [0.15, 0.2) is 0 Å². The highest BCUT2D eigenvalue weighted by Gasteiger charge is 2.20. The van der Waals surface area contributed by atoms with Gasteiger partial charge < -0.3 is 14.7 Å². The van der Waals surface area contributed by atoms with Crippen LogP contribution in [0.2, 0.25) is 5.02 Å². The molecule has 1 aliphatic rings. The first-order valence-electron chi connectivity index (χ1n) is 8.26. The third kappa shape index (κ3) is 5.31. The molecule has 0 amide bonds. The number of pyridine rings is 1. The van der Waals surface area contributed by atoms with Crippen LogP contribution in [0.25, 0.3) is 0 Å². The Morgan fingerprint density at radius 1 is 1.16 bits per heavy atom. The van der Waals surface area contributed by atoms with E-state index >= 15 is 0 Å². The Morgan fingerprint density at radius 2 is 1.92 bits per heavy atom. The molecular weight excluding hydrogens is 406 g/mol. The van der Waals surface area contributed by atoms with Gasteiger partial charge in [0.05, 0.1) is 5.02 Å². The van der Waals surface area contributed by atoms with Gasteiger partial charge in [-0.15, -0.1) is 0 Å². The number of piperazine rings is 1. The lowest BCUT2D eigenvalue weighted by Gasteiger charge is -2.36. The van der Waals surface area contributed by atoms with Gasteiger partial charge in [-0.3, -0.25) is 4.90 Å². The van der Waals surface area contributed by atoms with Crippen molar-refractivity contribution in [2.75, 3.05) is 44.2 Å². The molecule has 7 heteroatoms. The highest BCUT2D eigenvalue weighted by molar-refractivity contribution is 9.10. The Hall–Kier alpha value is -1.34. The minimum atomic E-state index is -0.548. The molecule has 1 saturated heterocycles. The fraction of sp³-hybridized carbons (Fsp3) is 0.389. The molecule has 1 fully saturated rings. The van der Waals surface area contributed by atoms with E-state index in [-0.39, 0.29) is 6.61 Å². The third-order valence-electron chi connectivity index (χ3n) is 4.14. The number of anilines is 1. The SMILES string of the molecule is OC(COc1ccccc1Cl)CN1CCN(c2ccc(Br)cn2)CC1. The molecule has 1 atom stereocenters. The first-order valence-corrected chi connectivity index (χ1v) is 9.43. The number of ether oxygens (including phenoxy) is 1. The summed E-state index contributed by atoms with van der Waals surface area (Å²) < 4.78 is 6.59. The van der Waals surface area contributed by atoms with Crippen molar-refractivity contribution in [3.63, 3.8) is 0 Å². The van der Waals surface area contributed by atoms with Gasteiger partial charge in [-0.1, -0.05) is 23.7 Å². The van der Waals surface area contributed by atoms with Crippen molar-refractivity contribution < 1.29 is 9.84 Å². The summed E-state index contributed by atoms with van der Waals surface area (Å²) in [5.74, 6) is 1.60. The molecule has 3 rings (SSSR count). The second-order valence-electron chi connectivity index (χ2n) is 6.02. The molecule has 1 aromatic heterocycles. The Kier molecular flexibility index (Phi) is 6.53. The number of aliphatic hydroxyl groups excluding tert-OH is 1. The number of benzene rings is 1. The molecule has 5 nitrogen and oxygen atoms in total. The van der Waals surface area contributed by atoms with Gasteiger partial charge in [-0.05, 0) is 40.2 Å². The molecule has 1 unspecified atom stereocenters. The lowest BCUT2D eigenvalue weighted by atomic mass is 10.2. The molecule has 0 radical (unpaired) electrons. The second kappa shape index (κ2) is 8.85. The Bertz CT molecular complexity index is 678. The molecule has 2 aromatic rings. The van der Waals surface area contributed by atoms with Crippen LogP contribution in [0.5, 0.6) is 5.75 Å². The normalized spacial score (nSPS) is 16.7. The van der Waals surface area contributed by atoms with E-state index in [1.165, 1.54) is 0 Å². The fourth-order valence-electron chi connectivity index (χ4n) is 2.81. The summed E-state index contributed by atoms with van der Waals surface area (Å²) >= 11 is 9.46. The summed E-state index contributed by atoms with van der Waals surface area (Å²) in [6.07, 6.45) is 1.27. The van der Waals surface area contributed by atoms with Crippen molar-refractivity contribution in [3.05, 3.63) is 52.1 Å². The molecule has 0 bridgehead atoms. The van der Waals surface area contributed by atoms with Crippen LogP contribution >= 0.6 is 27.5 Å². The van der Waals surface area contributed by atoms with E-state index in [1.807, 2.05) is 30.5 Å². The summed E-state index contributed by atoms with van der Waals surface area (Å²) in [5, 5.41) is 10.8. The zero-order valence-electron chi connectivity index (χ0n) is 13.8. The van der Waals surface area contributed by atoms with E-state index in [2.05, 4.69) is 30.7 Å². The molecule has 1 aromatic carbocycles. The summed E-state index contributed by atoms with van der Waals surface area (Å²) in [6, 6.07) is 11.3. The van der Waals surface area contributed by atoms with Gasteiger partial charge in [0.1, 0.15) is 24.3 Å². The maximum absolute atomic E-state index is 10.2. The topological polar surface area (TPSA) is 48.8 Å². The number of hydrogen-bond donors (Lipinski definition) is 1. The zero-order chi connectivity index (χ0) is 17.6. The van der Waals surface area contributed by atoms with Gasteiger partial charge in [0.25, 0.3) is 0 Å². The number of halogens is 2. The minimum absolute atomic E-state index is 0.234. The van der Waals surface area contributed by atoms with E-state index in [9.17, 15) is 5.11 Å². The van der Waals surface area contributed by atoms with Crippen LogP contribution in [0.4, 0.5) is 5.82 Å². The number of nitrogens with zero attached hydrogens (tertiary/aromatic N) is 3. The van der Waals surface area contributed by atoms with Crippen molar-refractivity contribution in [1.82, 2.24) is 9.88 Å². The van der Waals surface area contributed by atoms with Crippen LogP contribution in [0.3, 0.4) is 0 Å². The van der Waals surface area contributed by atoms with Gasteiger partial charge >= 0.3 is 0 Å². The van der Waals surface area contributed by atoms with Gasteiger partial charge in [-0.2, -0.15) is 0 Å².